The van der Waals surface area contributed by atoms with Crippen LogP contribution < -0.4 is 0 Å². The Bertz CT molecular complexity index is 324. The molecule has 0 unspecified atom stereocenters. The van der Waals surface area contributed by atoms with Crippen LogP contribution in [0, 0.1) is 5.92 Å². The fourth-order valence-electron chi connectivity index (χ4n) is 1.29. The zero-order valence-electron chi connectivity index (χ0n) is 10.1. The van der Waals surface area contributed by atoms with E-state index >= 15 is 0 Å². The van der Waals surface area contributed by atoms with Gasteiger partial charge < -0.3 is 4.90 Å². The summed E-state index contributed by atoms with van der Waals surface area (Å²) in [6, 6.07) is 10.3. The molecule has 0 aliphatic heterocycles. The number of benzene rings is 1. The molecular weight excluding hydrogens is 218 g/mol. The molecule has 1 aromatic carbocycles. The standard InChI is InChI=1S/C13H19NOS/c1-11(9-13(15)14(2)3)10-16-12-7-5-4-6-8-12/h4-8,11H,9-10H2,1-3H3/t11-/m1/s1. The van der Waals surface area contributed by atoms with Gasteiger partial charge in [0.25, 0.3) is 0 Å². The van der Waals surface area contributed by atoms with Crippen LogP contribution in [-0.4, -0.2) is 30.7 Å². The van der Waals surface area contributed by atoms with Gasteiger partial charge in [-0.3, -0.25) is 4.79 Å². The molecule has 1 amide bonds. The van der Waals surface area contributed by atoms with E-state index in [1.54, 1.807) is 19.0 Å². The minimum Gasteiger partial charge on any atom is -0.349 e. The fraction of sp³-hybridized carbons (Fsp3) is 0.462. The van der Waals surface area contributed by atoms with E-state index in [4.69, 9.17) is 0 Å². The molecule has 0 fully saturated rings. The van der Waals surface area contributed by atoms with Gasteiger partial charge in [0.05, 0.1) is 0 Å². The van der Waals surface area contributed by atoms with Gasteiger partial charge >= 0.3 is 0 Å². The minimum atomic E-state index is 0.209. The van der Waals surface area contributed by atoms with Crippen molar-refractivity contribution < 1.29 is 4.79 Å². The Morgan fingerprint density at radius 1 is 1.31 bits per heavy atom. The van der Waals surface area contributed by atoms with Crippen molar-refractivity contribution in [2.75, 3.05) is 19.8 Å². The molecule has 2 nitrogen and oxygen atoms in total. The molecule has 0 radical (unpaired) electrons. The predicted octanol–water partition coefficient (Wildman–Crippen LogP) is 2.89. The first-order chi connectivity index (χ1) is 7.59. The van der Waals surface area contributed by atoms with E-state index in [9.17, 15) is 4.79 Å². The van der Waals surface area contributed by atoms with Crippen molar-refractivity contribution in [1.82, 2.24) is 4.90 Å². The van der Waals surface area contributed by atoms with E-state index < -0.39 is 0 Å². The molecule has 3 heteroatoms. The number of carbonyl (C=O) groups is 1. The number of hydrogen-bond donors (Lipinski definition) is 0. The lowest BCUT2D eigenvalue weighted by Gasteiger charge is -2.14. The fourth-order valence-corrected chi connectivity index (χ4v) is 2.24. The van der Waals surface area contributed by atoms with Crippen LogP contribution in [0.2, 0.25) is 0 Å². The van der Waals surface area contributed by atoms with Crippen LogP contribution in [0.4, 0.5) is 0 Å². The Morgan fingerprint density at radius 2 is 1.94 bits per heavy atom. The second kappa shape index (κ2) is 6.59. The van der Waals surface area contributed by atoms with Gasteiger partial charge in [-0.1, -0.05) is 25.1 Å². The topological polar surface area (TPSA) is 20.3 Å². The number of rotatable bonds is 5. The van der Waals surface area contributed by atoms with Crippen molar-refractivity contribution >= 4 is 17.7 Å². The van der Waals surface area contributed by atoms with Crippen molar-refractivity contribution in [3.8, 4) is 0 Å². The summed E-state index contributed by atoms with van der Waals surface area (Å²) in [4.78, 5) is 14.4. The maximum absolute atomic E-state index is 11.5. The second-order valence-corrected chi connectivity index (χ2v) is 5.31. The molecule has 0 bridgehead atoms. The van der Waals surface area contributed by atoms with Gasteiger partial charge in [-0.15, -0.1) is 11.8 Å². The summed E-state index contributed by atoms with van der Waals surface area (Å²) >= 11 is 1.81. The zero-order valence-corrected chi connectivity index (χ0v) is 11.0. The lowest BCUT2D eigenvalue weighted by molar-refractivity contribution is -0.129. The average molecular weight is 237 g/mol. The van der Waals surface area contributed by atoms with Gasteiger partial charge in [0.1, 0.15) is 0 Å². The van der Waals surface area contributed by atoms with E-state index in [-0.39, 0.29) is 5.91 Å². The first-order valence-corrected chi connectivity index (χ1v) is 6.46. The maximum atomic E-state index is 11.5. The monoisotopic (exact) mass is 237 g/mol. The van der Waals surface area contributed by atoms with Crippen LogP contribution in [0.15, 0.2) is 35.2 Å². The summed E-state index contributed by atoms with van der Waals surface area (Å²) in [5.41, 5.74) is 0. The molecule has 1 atom stereocenters. The quantitative estimate of drug-likeness (QED) is 0.734. The number of thioether (sulfide) groups is 1. The van der Waals surface area contributed by atoms with Gasteiger partial charge in [-0.05, 0) is 18.1 Å². The number of hydrogen-bond acceptors (Lipinski definition) is 2. The van der Waals surface area contributed by atoms with Crippen LogP contribution in [0.3, 0.4) is 0 Å². The van der Waals surface area contributed by atoms with Gasteiger partial charge in [-0.25, -0.2) is 0 Å². The van der Waals surface area contributed by atoms with E-state index in [0.717, 1.165) is 5.75 Å². The lowest BCUT2D eigenvalue weighted by atomic mass is 10.1. The summed E-state index contributed by atoms with van der Waals surface area (Å²) in [6.07, 6.45) is 0.632. The van der Waals surface area contributed by atoms with Crippen molar-refractivity contribution in [3.63, 3.8) is 0 Å². The summed E-state index contributed by atoms with van der Waals surface area (Å²) in [5.74, 6) is 1.62. The number of nitrogens with zero attached hydrogens (tertiary/aromatic N) is 1. The molecule has 0 saturated heterocycles. The van der Waals surface area contributed by atoms with Crippen LogP contribution in [0.5, 0.6) is 0 Å². The van der Waals surface area contributed by atoms with Crippen molar-refractivity contribution in [3.05, 3.63) is 30.3 Å². The molecule has 0 aliphatic rings. The van der Waals surface area contributed by atoms with Crippen molar-refractivity contribution in [2.45, 2.75) is 18.2 Å². The molecule has 88 valence electrons. The van der Waals surface area contributed by atoms with E-state index in [0.29, 0.717) is 12.3 Å². The Kier molecular flexibility index (Phi) is 5.39. The highest BCUT2D eigenvalue weighted by molar-refractivity contribution is 7.99. The predicted molar refractivity (Wildman–Crippen MR) is 69.6 cm³/mol. The minimum absolute atomic E-state index is 0.209. The van der Waals surface area contributed by atoms with Crippen molar-refractivity contribution in [2.24, 2.45) is 5.92 Å². The van der Waals surface area contributed by atoms with E-state index in [1.807, 2.05) is 30.0 Å². The number of carbonyl (C=O) groups excluding carboxylic acids is 1. The molecule has 16 heavy (non-hydrogen) atoms. The molecule has 1 aromatic rings. The first-order valence-electron chi connectivity index (χ1n) is 5.47. The molecule has 0 heterocycles. The summed E-state index contributed by atoms with van der Waals surface area (Å²) < 4.78 is 0. The van der Waals surface area contributed by atoms with Crippen LogP contribution in [0.1, 0.15) is 13.3 Å². The molecule has 0 spiro atoms. The van der Waals surface area contributed by atoms with Crippen molar-refractivity contribution in [1.29, 1.82) is 0 Å². The van der Waals surface area contributed by atoms with E-state index in [2.05, 4.69) is 19.1 Å². The lowest BCUT2D eigenvalue weighted by Crippen LogP contribution is -2.24. The van der Waals surface area contributed by atoms with Crippen LogP contribution in [0.25, 0.3) is 0 Å². The third kappa shape index (κ3) is 4.71. The smallest absolute Gasteiger partial charge is 0.222 e. The Morgan fingerprint density at radius 3 is 2.50 bits per heavy atom. The van der Waals surface area contributed by atoms with E-state index in [1.165, 1.54) is 4.90 Å². The molecular formula is C13H19NOS. The molecule has 1 rings (SSSR count). The van der Waals surface area contributed by atoms with Gasteiger partial charge in [-0.2, -0.15) is 0 Å². The molecule has 0 aromatic heterocycles. The largest absolute Gasteiger partial charge is 0.349 e. The molecule has 0 saturated carbocycles. The van der Waals surface area contributed by atoms with Crippen LogP contribution in [-0.2, 0) is 4.79 Å². The average Bonchev–Trinajstić information content (AvgIpc) is 2.27. The second-order valence-electron chi connectivity index (χ2n) is 4.22. The Balaban J connectivity index is 2.30. The van der Waals surface area contributed by atoms with Crippen LogP contribution >= 0.6 is 11.8 Å². The summed E-state index contributed by atoms with van der Waals surface area (Å²) in [5, 5.41) is 0. The molecule has 0 N–H and O–H groups in total. The Labute approximate surface area is 102 Å². The summed E-state index contributed by atoms with van der Waals surface area (Å²) in [7, 11) is 3.61. The third-order valence-corrected chi connectivity index (χ3v) is 3.64. The van der Waals surface area contributed by atoms with Gasteiger partial charge in [0.15, 0.2) is 0 Å². The van der Waals surface area contributed by atoms with Gasteiger partial charge in [0.2, 0.25) is 5.91 Å². The summed E-state index contributed by atoms with van der Waals surface area (Å²) in [6.45, 7) is 2.12. The number of amides is 1. The zero-order chi connectivity index (χ0) is 12.0. The highest BCUT2D eigenvalue weighted by Gasteiger charge is 2.10. The highest BCUT2D eigenvalue weighted by atomic mass is 32.2. The third-order valence-electron chi connectivity index (χ3n) is 2.30. The normalized spacial score (nSPS) is 12.2. The molecule has 0 aliphatic carbocycles. The maximum Gasteiger partial charge on any atom is 0.222 e. The SMILES string of the molecule is C[C@@H](CSc1ccccc1)CC(=O)N(C)C. The Hall–Kier alpha value is -0.960. The van der Waals surface area contributed by atoms with Gasteiger partial charge in [0, 0.05) is 31.2 Å². The highest BCUT2D eigenvalue weighted by Crippen LogP contribution is 2.21. The first kappa shape index (κ1) is 13.1.